The van der Waals surface area contributed by atoms with E-state index in [9.17, 15) is 9.59 Å². The van der Waals surface area contributed by atoms with E-state index in [1.807, 2.05) is 0 Å². The van der Waals surface area contributed by atoms with Crippen molar-refractivity contribution >= 4 is 23.5 Å². The first-order chi connectivity index (χ1) is 10.0. The van der Waals surface area contributed by atoms with Crippen molar-refractivity contribution in [2.45, 2.75) is 31.7 Å². The summed E-state index contributed by atoms with van der Waals surface area (Å²) in [5.74, 6) is -0.156. The highest BCUT2D eigenvalue weighted by Gasteiger charge is 2.33. The third kappa shape index (κ3) is 5.63. The van der Waals surface area contributed by atoms with Crippen molar-refractivity contribution < 1.29 is 19.4 Å². The number of aliphatic carboxylic acids is 1. The highest BCUT2D eigenvalue weighted by atomic mass is 35.5. The van der Waals surface area contributed by atoms with Crippen molar-refractivity contribution in [1.29, 1.82) is 0 Å². The lowest BCUT2D eigenvalue weighted by atomic mass is 10.1. The van der Waals surface area contributed by atoms with Crippen LogP contribution in [0.5, 0.6) is 5.75 Å². The van der Waals surface area contributed by atoms with Crippen LogP contribution < -0.4 is 10.1 Å². The van der Waals surface area contributed by atoms with Crippen LogP contribution in [-0.4, -0.2) is 29.6 Å². The van der Waals surface area contributed by atoms with Crippen molar-refractivity contribution in [3.8, 4) is 5.75 Å². The molecule has 0 aromatic heterocycles. The summed E-state index contributed by atoms with van der Waals surface area (Å²) in [7, 11) is 0. The summed E-state index contributed by atoms with van der Waals surface area (Å²) in [6.45, 7) is 0.233. The topological polar surface area (TPSA) is 75.6 Å². The average molecular weight is 312 g/mol. The van der Waals surface area contributed by atoms with Gasteiger partial charge >= 0.3 is 5.97 Å². The normalized spacial score (nSPS) is 15.3. The zero-order valence-corrected chi connectivity index (χ0v) is 12.3. The number of hydrogen-bond donors (Lipinski definition) is 2. The van der Waals surface area contributed by atoms with Gasteiger partial charge in [-0.25, -0.2) is 0 Å². The predicted molar refractivity (Wildman–Crippen MR) is 78.5 cm³/mol. The monoisotopic (exact) mass is 311 g/mol. The number of carbonyl (C=O) groups is 2. The van der Waals surface area contributed by atoms with Crippen LogP contribution in [0.1, 0.15) is 25.7 Å². The molecule has 0 heterocycles. The highest BCUT2D eigenvalue weighted by Crippen LogP contribution is 2.34. The second kappa shape index (κ2) is 7.31. The largest absolute Gasteiger partial charge is 0.493 e. The molecular weight excluding hydrogens is 294 g/mol. The third-order valence-corrected chi connectivity index (χ3v) is 3.56. The molecule has 21 heavy (non-hydrogen) atoms. The van der Waals surface area contributed by atoms with Crippen molar-refractivity contribution in [1.82, 2.24) is 5.32 Å². The zero-order chi connectivity index (χ0) is 15.2. The molecule has 2 N–H and O–H groups in total. The van der Waals surface area contributed by atoms with E-state index in [2.05, 4.69) is 5.32 Å². The molecule has 1 aliphatic carbocycles. The average Bonchev–Trinajstić information content (AvgIpc) is 3.21. The summed E-state index contributed by atoms with van der Waals surface area (Å²) in [6.07, 6.45) is 2.13. The minimum atomic E-state index is -0.887. The predicted octanol–water partition coefficient (Wildman–Crippen LogP) is 2.48. The number of halogens is 1. The molecule has 1 aliphatic rings. The molecule has 2 rings (SSSR count). The van der Waals surface area contributed by atoms with Gasteiger partial charge in [-0.15, -0.1) is 0 Å². The van der Waals surface area contributed by atoms with Gasteiger partial charge in [0, 0.05) is 11.1 Å². The maximum absolute atomic E-state index is 11.8. The number of ether oxygens (including phenoxy) is 1. The number of rotatable bonds is 8. The van der Waals surface area contributed by atoms with Gasteiger partial charge in [-0.2, -0.15) is 0 Å². The quantitative estimate of drug-likeness (QED) is 0.773. The molecule has 114 valence electrons. The summed E-state index contributed by atoms with van der Waals surface area (Å²) in [5.41, 5.74) is 0. The van der Waals surface area contributed by atoms with Crippen LogP contribution in [0, 0.1) is 5.92 Å². The lowest BCUT2D eigenvalue weighted by molar-refractivity contribution is -0.137. The molecule has 1 unspecified atom stereocenters. The second-order valence-electron chi connectivity index (χ2n) is 5.17. The van der Waals surface area contributed by atoms with Crippen LogP contribution in [0.4, 0.5) is 0 Å². The minimum Gasteiger partial charge on any atom is -0.493 e. The SMILES string of the molecule is O=C(O)CC(NC(=O)CCOc1cccc(Cl)c1)C1CC1. The van der Waals surface area contributed by atoms with Crippen molar-refractivity contribution in [3.05, 3.63) is 29.3 Å². The molecule has 0 aliphatic heterocycles. The molecule has 1 fully saturated rings. The van der Waals surface area contributed by atoms with Gasteiger partial charge in [-0.1, -0.05) is 17.7 Å². The van der Waals surface area contributed by atoms with Crippen LogP contribution in [0.25, 0.3) is 0 Å². The lowest BCUT2D eigenvalue weighted by Gasteiger charge is -2.16. The Labute approximate surface area is 128 Å². The van der Waals surface area contributed by atoms with Gasteiger partial charge in [0.1, 0.15) is 5.75 Å². The molecule has 1 aromatic rings. The van der Waals surface area contributed by atoms with Crippen LogP contribution >= 0.6 is 11.6 Å². The fourth-order valence-electron chi connectivity index (χ4n) is 2.12. The van der Waals surface area contributed by atoms with Crippen LogP contribution in [0.3, 0.4) is 0 Å². The molecule has 1 amide bonds. The summed E-state index contributed by atoms with van der Waals surface area (Å²) < 4.78 is 5.43. The number of carboxylic acids is 1. The van der Waals surface area contributed by atoms with E-state index >= 15 is 0 Å². The number of benzene rings is 1. The molecule has 1 aromatic carbocycles. The Bertz CT molecular complexity index is 516. The van der Waals surface area contributed by atoms with Crippen LogP contribution in [0.2, 0.25) is 5.02 Å². The van der Waals surface area contributed by atoms with Crippen molar-refractivity contribution in [3.63, 3.8) is 0 Å². The summed E-state index contributed by atoms with van der Waals surface area (Å²) in [4.78, 5) is 22.6. The first kappa shape index (κ1) is 15.6. The first-order valence-electron chi connectivity index (χ1n) is 6.94. The zero-order valence-electron chi connectivity index (χ0n) is 11.5. The summed E-state index contributed by atoms with van der Waals surface area (Å²) >= 11 is 5.83. The van der Waals surface area contributed by atoms with E-state index in [0.717, 1.165) is 12.8 Å². The van der Waals surface area contributed by atoms with Crippen LogP contribution in [-0.2, 0) is 9.59 Å². The van der Waals surface area contributed by atoms with E-state index in [1.165, 1.54) is 0 Å². The van der Waals surface area contributed by atoms with Crippen LogP contribution in [0.15, 0.2) is 24.3 Å². The van der Waals surface area contributed by atoms with E-state index in [-0.39, 0.29) is 31.4 Å². The van der Waals surface area contributed by atoms with Gasteiger partial charge in [-0.05, 0) is 37.0 Å². The molecule has 6 heteroatoms. The molecule has 1 atom stereocenters. The van der Waals surface area contributed by atoms with E-state index in [4.69, 9.17) is 21.4 Å². The van der Waals surface area contributed by atoms with Gasteiger partial charge in [0.05, 0.1) is 19.4 Å². The fourth-order valence-corrected chi connectivity index (χ4v) is 2.30. The van der Waals surface area contributed by atoms with Gasteiger partial charge < -0.3 is 15.2 Å². The van der Waals surface area contributed by atoms with E-state index in [1.54, 1.807) is 24.3 Å². The molecular formula is C15H18ClNO4. The Morgan fingerprint density at radius 3 is 2.81 bits per heavy atom. The Morgan fingerprint density at radius 2 is 2.19 bits per heavy atom. The summed E-state index contributed by atoms with van der Waals surface area (Å²) in [5, 5.41) is 12.2. The number of hydrogen-bond acceptors (Lipinski definition) is 3. The Balaban J connectivity index is 1.72. The lowest BCUT2D eigenvalue weighted by Crippen LogP contribution is -2.38. The first-order valence-corrected chi connectivity index (χ1v) is 7.32. The van der Waals surface area contributed by atoms with Crippen molar-refractivity contribution in [2.24, 2.45) is 5.92 Å². The van der Waals surface area contributed by atoms with Gasteiger partial charge in [0.15, 0.2) is 0 Å². The number of amides is 1. The van der Waals surface area contributed by atoms with E-state index < -0.39 is 5.97 Å². The summed E-state index contributed by atoms with van der Waals surface area (Å²) in [6, 6.07) is 6.69. The smallest absolute Gasteiger partial charge is 0.305 e. The highest BCUT2D eigenvalue weighted by molar-refractivity contribution is 6.30. The molecule has 0 radical (unpaired) electrons. The van der Waals surface area contributed by atoms with Gasteiger partial charge in [0.2, 0.25) is 5.91 Å². The maximum Gasteiger partial charge on any atom is 0.305 e. The Kier molecular flexibility index (Phi) is 5.44. The van der Waals surface area contributed by atoms with Gasteiger partial charge in [-0.3, -0.25) is 9.59 Å². The number of nitrogens with one attached hydrogen (secondary N) is 1. The maximum atomic E-state index is 11.8. The molecule has 0 bridgehead atoms. The molecule has 0 saturated heterocycles. The van der Waals surface area contributed by atoms with E-state index in [0.29, 0.717) is 16.7 Å². The molecule has 1 saturated carbocycles. The van der Waals surface area contributed by atoms with Crippen molar-refractivity contribution in [2.75, 3.05) is 6.61 Å². The Morgan fingerprint density at radius 1 is 1.43 bits per heavy atom. The van der Waals surface area contributed by atoms with Gasteiger partial charge in [0.25, 0.3) is 0 Å². The number of carbonyl (C=O) groups excluding carboxylic acids is 1. The fraction of sp³-hybridized carbons (Fsp3) is 0.467. The molecule has 0 spiro atoms. The Hall–Kier alpha value is -1.75. The minimum absolute atomic E-state index is 0.0223. The third-order valence-electron chi connectivity index (χ3n) is 3.33. The number of carboxylic acid groups (broad SMARTS) is 1. The second-order valence-corrected chi connectivity index (χ2v) is 5.60. The molecule has 5 nitrogen and oxygen atoms in total. The standard InChI is InChI=1S/C15H18ClNO4/c16-11-2-1-3-12(8-11)21-7-6-14(18)17-13(9-15(19)20)10-4-5-10/h1-3,8,10,13H,4-7,9H2,(H,17,18)(H,19,20).